The molecule has 0 spiro atoms. The zero-order valence-corrected chi connectivity index (χ0v) is 10.5. The molecule has 2 aromatic carbocycles. The fraction of sp³-hybridized carbons (Fsp3) is 0.125. The lowest BCUT2D eigenvalue weighted by Crippen LogP contribution is -1.96. The Morgan fingerprint density at radius 3 is 2.39 bits per heavy atom. The number of nitrogens with one attached hydrogen (secondary N) is 1. The van der Waals surface area contributed by atoms with E-state index in [9.17, 15) is 0 Å². The second-order valence-electron chi connectivity index (χ2n) is 3.92. The number of hydrogen-bond acceptors (Lipinski definition) is 2. The van der Waals surface area contributed by atoms with Gasteiger partial charge in [-0.2, -0.15) is 0 Å². The molecule has 2 aromatic rings. The standard InChI is InChI=1S/C16H17NO/c1-18-16-11-9-14(10-12-16)6-5-13-17-15-7-3-2-4-8-15/h2-12,17H,13H2,1H3/b6-5+. The van der Waals surface area contributed by atoms with Crippen molar-refractivity contribution in [2.75, 3.05) is 19.0 Å². The average molecular weight is 239 g/mol. The summed E-state index contributed by atoms with van der Waals surface area (Å²) < 4.78 is 5.12. The second kappa shape index (κ2) is 6.50. The van der Waals surface area contributed by atoms with Crippen molar-refractivity contribution in [1.29, 1.82) is 0 Å². The highest BCUT2D eigenvalue weighted by Crippen LogP contribution is 2.12. The van der Waals surface area contributed by atoms with Gasteiger partial charge in [0, 0.05) is 12.2 Å². The number of hydrogen-bond donors (Lipinski definition) is 1. The molecule has 2 rings (SSSR count). The highest BCUT2D eigenvalue weighted by atomic mass is 16.5. The SMILES string of the molecule is COc1ccc(/C=C/CNc2ccccc2)cc1. The monoisotopic (exact) mass is 239 g/mol. The van der Waals surface area contributed by atoms with Crippen LogP contribution in [0.15, 0.2) is 60.7 Å². The molecule has 0 atom stereocenters. The summed E-state index contributed by atoms with van der Waals surface area (Å²) in [5, 5.41) is 3.33. The van der Waals surface area contributed by atoms with E-state index >= 15 is 0 Å². The molecule has 2 nitrogen and oxygen atoms in total. The molecule has 0 saturated heterocycles. The summed E-state index contributed by atoms with van der Waals surface area (Å²) in [6, 6.07) is 18.2. The quantitative estimate of drug-likeness (QED) is 0.856. The van der Waals surface area contributed by atoms with Crippen LogP contribution in [0.1, 0.15) is 5.56 Å². The minimum Gasteiger partial charge on any atom is -0.497 e. The Labute approximate surface area is 108 Å². The van der Waals surface area contributed by atoms with Gasteiger partial charge in [-0.05, 0) is 29.8 Å². The normalized spacial score (nSPS) is 10.5. The highest BCUT2D eigenvalue weighted by molar-refractivity contribution is 5.52. The van der Waals surface area contributed by atoms with Gasteiger partial charge < -0.3 is 10.1 Å². The van der Waals surface area contributed by atoms with Crippen LogP contribution >= 0.6 is 0 Å². The molecule has 0 radical (unpaired) electrons. The second-order valence-corrected chi connectivity index (χ2v) is 3.92. The number of methoxy groups -OCH3 is 1. The van der Waals surface area contributed by atoms with Crippen LogP contribution in [0.5, 0.6) is 5.75 Å². The lowest BCUT2D eigenvalue weighted by Gasteiger charge is -2.02. The molecule has 0 aromatic heterocycles. The molecule has 0 aliphatic rings. The van der Waals surface area contributed by atoms with Gasteiger partial charge in [0.05, 0.1) is 7.11 Å². The first-order valence-electron chi connectivity index (χ1n) is 5.98. The van der Waals surface area contributed by atoms with E-state index in [1.54, 1.807) is 7.11 Å². The third-order valence-corrected chi connectivity index (χ3v) is 2.62. The molecule has 0 fully saturated rings. The Morgan fingerprint density at radius 2 is 1.72 bits per heavy atom. The maximum atomic E-state index is 5.12. The van der Waals surface area contributed by atoms with Crippen LogP contribution in [0.4, 0.5) is 5.69 Å². The van der Waals surface area contributed by atoms with E-state index in [1.807, 2.05) is 42.5 Å². The summed E-state index contributed by atoms with van der Waals surface area (Å²) in [6.45, 7) is 0.816. The summed E-state index contributed by atoms with van der Waals surface area (Å²) >= 11 is 0. The predicted molar refractivity (Wildman–Crippen MR) is 77.0 cm³/mol. The summed E-state index contributed by atoms with van der Waals surface area (Å²) in [4.78, 5) is 0. The Hall–Kier alpha value is -2.22. The van der Waals surface area contributed by atoms with Crippen LogP contribution in [-0.2, 0) is 0 Å². The fourth-order valence-corrected chi connectivity index (χ4v) is 1.64. The summed E-state index contributed by atoms with van der Waals surface area (Å²) in [5.74, 6) is 0.884. The van der Waals surface area contributed by atoms with Crippen LogP contribution < -0.4 is 10.1 Å². The predicted octanol–water partition coefficient (Wildman–Crippen LogP) is 3.82. The van der Waals surface area contributed by atoms with E-state index in [4.69, 9.17) is 4.74 Å². The molecule has 0 unspecified atom stereocenters. The van der Waals surface area contributed by atoms with Gasteiger partial charge >= 0.3 is 0 Å². The molecule has 0 aliphatic heterocycles. The van der Waals surface area contributed by atoms with Gasteiger partial charge in [-0.3, -0.25) is 0 Å². The Bertz CT molecular complexity index is 488. The zero-order valence-electron chi connectivity index (χ0n) is 10.5. The van der Waals surface area contributed by atoms with E-state index in [0.29, 0.717) is 0 Å². The first-order chi connectivity index (χ1) is 8.88. The minimum absolute atomic E-state index is 0.816. The van der Waals surface area contributed by atoms with Gasteiger partial charge in [-0.1, -0.05) is 42.5 Å². The van der Waals surface area contributed by atoms with Gasteiger partial charge in [0.1, 0.15) is 5.75 Å². The number of ether oxygens (including phenoxy) is 1. The zero-order chi connectivity index (χ0) is 12.6. The maximum absolute atomic E-state index is 5.12. The third-order valence-electron chi connectivity index (χ3n) is 2.62. The number of para-hydroxylation sites is 1. The Balaban J connectivity index is 1.84. The summed E-state index contributed by atoms with van der Waals surface area (Å²) in [5.41, 5.74) is 2.31. The first kappa shape index (κ1) is 12.2. The highest BCUT2D eigenvalue weighted by Gasteiger charge is 1.90. The number of benzene rings is 2. The Morgan fingerprint density at radius 1 is 1.00 bits per heavy atom. The molecule has 0 aliphatic carbocycles. The fourth-order valence-electron chi connectivity index (χ4n) is 1.64. The molecule has 18 heavy (non-hydrogen) atoms. The minimum atomic E-state index is 0.816. The van der Waals surface area contributed by atoms with Crippen molar-refractivity contribution in [2.45, 2.75) is 0 Å². The van der Waals surface area contributed by atoms with Crippen molar-refractivity contribution in [2.24, 2.45) is 0 Å². The largest absolute Gasteiger partial charge is 0.497 e. The molecule has 1 N–H and O–H groups in total. The number of rotatable bonds is 5. The van der Waals surface area contributed by atoms with Crippen LogP contribution in [0.3, 0.4) is 0 Å². The van der Waals surface area contributed by atoms with Crippen molar-refractivity contribution in [3.05, 3.63) is 66.2 Å². The van der Waals surface area contributed by atoms with Crippen LogP contribution in [0.25, 0.3) is 6.08 Å². The van der Waals surface area contributed by atoms with Gasteiger partial charge in [0.15, 0.2) is 0 Å². The van der Waals surface area contributed by atoms with Crippen molar-refractivity contribution < 1.29 is 4.74 Å². The third kappa shape index (κ3) is 3.67. The van der Waals surface area contributed by atoms with Crippen LogP contribution in [0.2, 0.25) is 0 Å². The lowest BCUT2D eigenvalue weighted by atomic mass is 10.2. The molecular weight excluding hydrogens is 222 g/mol. The van der Waals surface area contributed by atoms with Gasteiger partial charge in [0.2, 0.25) is 0 Å². The molecule has 0 heterocycles. The first-order valence-corrected chi connectivity index (χ1v) is 5.98. The van der Waals surface area contributed by atoms with Crippen LogP contribution in [0, 0.1) is 0 Å². The van der Waals surface area contributed by atoms with Gasteiger partial charge in [-0.25, -0.2) is 0 Å². The van der Waals surface area contributed by atoms with Crippen molar-refractivity contribution in [3.63, 3.8) is 0 Å². The van der Waals surface area contributed by atoms with E-state index in [0.717, 1.165) is 18.0 Å². The summed E-state index contributed by atoms with van der Waals surface area (Å²) in [7, 11) is 1.68. The van der Waals surface area contributed by atoms with Gasteiger partial charge in [-0.15, -0.1) is 0 Å². The lowest BCUT2D eigenvalue weighted by molar-refractivity contribution is 0.415. The van der Waals surface area contributed by atoms with Crippen molar-refractivity contribution >= 4 is 11.8 Å². The van der Waals surface area contributed by atoms with Crippen LogP contribution in [-0.4, -0.2) is 13.7 Å². The van der Waals surface area contributed by atoms with E-state index in [-0.39, 0.29) is 0 Å². The molecular formula is C16H17NO. The molecule has 2 heteroatoms. The number of anilines is 1. The topological polar surface area (TPSA) is 21.3 Å². The van der Waals surface area contributed by atoms with Crippen molar-refractivity contribution in [3.8, 4) is 5.75 Å². The molecule has 0 amide bonds. The van der Waals surface area contributed by atoms with E-state index in [2.05, 4.69) is 29.6 Å². The summed E-state index contributed by atoms with van der Waals surface area (Å²) in [6.07, 6.45) is 4.20. The maximum Gasteiger partial charge on any atom is 0.118 e. The van der Waals surface area contributed by atoms with E-state index < -0.39 is 0 Å². The van der Waals surface area contributed by atoms with E-state index in [1.165, 1.54) is 5.56 Å². The molecule has 0 bridgehead atoms. The van der Waals surface area contributed by atoms with Gasteiger partial charge in [0.25, 0.3) is 0 Å². The van der Waals surface area contributed by atoms with Crippen molar-refractivity contribution in [1.82, 2.24) is 0 Å². The average Bonchev–Trinajstić information content (AvgIpc) is 2.45. The molecule has 0 saturated carbocycles. The molecule has 92 valence electrons. The smallest absolute Gasteiger partial charge is 0.118 e. The Kier molecular flexibility index (Phi) is 4.42.